The van der Waals surface area contributed by atoms with Crippen LogP contribution >= 0.6 is 0 Å². The summed E-state index contributed by atoms with van der Waals surface area (Å²) in [5.41, 5.74) is 11.9. The third-order valence-corrected chi connectivity index (χ3v) is 15.8. The van der Waals surface area contributed by atoms with Crippen LogP contribution in [0.1, 0.15) is 60.2 Å². The highest BCUT2D eigenvalue weighted by atomic mass is 16.5. The quantitative estimate of drug-likeness (QED) is 0.180. The summed E-state index contributed by atoms with van der Waals surface area (Å²) in [4.78, 5) is 16.5. The number of hydrogen-bond acceptors (Lipinski definition) is 4. The highest BCUT2D eigenvalue weighted by Crippen LogP contribution is 2.84. The first kappa shape index (κ1) is 31.7. The number of nitrogens with zero attached hydrogens (tertiary/aromatic N) is 3. The van der Waals surface area contributed by atoms with Gasteiger partial charge in [0.2, 0.25) is 0 Å². The second-order valence-electron chi connectivity index (χ2n) is 18.1. The fourth-order valence-corrected chi connectivity index (χ4v) is 13.5. The molecule has 4 saturated carbocycles. The molecule has 1 aromatic heterocycles. The van der Waals surface area contributed by atoms with E-state index in [9.17, 15) is 0 Å². The topological polar surface area (TPSA) is 47.9 Å². The Bertz CT molecular complexity index is 3030. The van der Waals surface area contributed by atoms with Crippen molar-refractivity contribution in [2.75, 3.05) is 0 Å². The smallest absolute Gasteiger partial charge is 0.164 e. The number of fused-ring (bicyclic) bond motifs is 11. The Morgan fingerprint density at radius 3 is 1.79 bits per heavy atom. The van der Waals surface area contributed by atoms with Gasteiger partial charge in [-0.15, -0.1) is 0 Å². The van der Waals surface area contributed by atoms with Gasteiger partial charge in [0.15, 0.2) is 11.6 Å². The van der Waals surface area contributed by atoms with Crippen LogP contribution in [0.5, 0.6) is 11.5 Å². The van der Waals surface area contributed by atoms with Gasteiger partial charge in [-0.3, -0.25) is 0 Å². The molecule has 2 bridgehead atoms. The van der Waals surface area contributed by atoms with Crippen molar-refractivity contribution in [2.24, 2.45) is 23.2 Å². The van der Waals surface area contributed by atoms with Crippen molar-refractivity contribution in [1.29, 1.82) is 0 Å². The molecule has 2 atom stereocenters. The molecular weight excluding hydrogens is 707 g/mol. The van der Waals surface area contributed by atoms with Crippen LogP contribution in [0.4, 0.5) is 0 Å². The Labute approximate surface area is 337 Å². The van der Waals surface area contributed by atoms with Crippen molar-refractivity contribution in [3.8, 4) is 56.5 Å². The normalized spacial score (nSPS) is 25.5. The van der Waals surface area contributed by atoms with Crippen molar-refractivity contribution in [3.05, 3.63) is 186 Å². The molecule has 0 radical (unpaired) electrons. The zero-order valence-electron chi connectivity index (χ0n) is 32.0. The van der Waals surface area contributed by atoms with E-state index >= 15 is 0 Å². The molecule has 14 rings (SSSR count). The van der Waals surface area contributed by atoms with Gasteiger partial charge in [0.05, 0.1) is 5.41 Å². The first-order valence-corrected chi connectivity index (χ1v) is 21.1. The highest BCUT2D eigenvalue weighted by Gasteiger charge is 2.78. The van der Waals surface area contributed by atoms with Crippen molar-refractivity contribution in [2.45, 2.75) is 42.9 Å². The maximum atomic E-state index is 6.63. The van der Waals surface area contributed by atoms with Crippen LogP contribution in [-0.4, -0.2) is 15.0 Å². The third-order valence-electron chi connectivity index (χ3n) is 15.8. The molecule has 2 unspecified atom stereocenters. The largest absolute Gasteiger partial charge is 0.457 e. The van der Waals surface area contributed by atoms with Crippen LogP contribution < -0.4 is 4.74 Å². The molecule has 6 aliphatic rings. The highest BCUT2D eigenvalue weighted by molar-refractivity contribution is 5.92. The zero-order chi connectivity index (χ0) is 37.8. The number of rotatable bonds is 4. The van der Waals surface area contributed by atoms with Crippen LogP contribution in [0.25, 0.3) is 55.8 Å². The summed E-state index contributed by atoms with van der Waals surface area (Å²) in [6.07, 6.45) is 6.51. The number of aromatic nitrogens is 3. The molecule has 4 fully saturated rings. The predicted molar refractivity (Wildman–Crippen MR) is 229 cm³/mol. The fraction of sp³-hybridized carbons (Fsp3) is 0.204. The van der Waals surface area contributed by atoms with Gasteiger partial charge in [-0.2, -0.15) is 0 Å². The van der Waals surface area contributed by atoms with Gasteiger partial charge in [-0.05, 0) is 124 Å². The number of benzene rings is 7. The summed E-state index contributed by atoms with van der Waals surface area (Å²) in [5.74, 6) is 6.98. The molecule has 0 saturated heterocycles. The molecule has 58 heavy (non-hydrogen) atoms. The Morgan fingerprint density at radius 2 is 1.05 bits per heavy atom. The molecule has 4 nitrogen and oxygen atoms in total. The van der Waals surface area contributed by atoms with Crippen molar-refractivity contribution < 1.29 is 4.74 Å². The average molecular weight is 746 g/mol. The summed E-state index contributed by atoms with van der Waals surface area (Å²) >= 11 is 0. The van der Waals surface area contributed by atoms with Gasteiger partial charge in [0, 0.05) is 27.7 Å². The van der Waals surface area contributed by atoms with Crippen molar-refractivity contribution in [1.82, 2.24) is 15.0 Å². The number of ether oxygens (including phenoxy) is 1. The minimum Gasteiger partial charge on any atom is -0.457 e. The Morgan fingerprint density at radius 1 is 0.448 bits per heavy atom. The molecule has 7 aromatic carbocycles. The van der Waals surface area contributed by atoms with E-state index in [1.807, 2.05) is 0 Å². The van der Waals surface area contributed by atoms with Crippen molar-refractivity contribution >= 4 is 10.8 Å². The monoisotopic (exact) mass is 745 g/mol. The van der Waals surface area contributed by atoms with E-state index < -0.39 is 5.41 Å². The maximum absolute atomic E-state index is 6.63. The van der Waals surface area contributed by atoms with Gasteiger partial charge in [-0.1, -0.05) is 133 Å². The van der Waals surface area contributed by atoms with Crippen LogP contribution in [-0.2, 0) is 10.8 Å². The maximum Gasteiger partial charge on any atom is 0.164 e. The summed E-state index contributed by atoms with van der Waals surface area (Å²) in [7, 11) is 0. The molecule has 2 heterocycles. The van der Waals surface area contributed by atoms with Crippen LogP contribution in [0, 0.1) is 23.2 Å². The molecule has 0 N–H and O–H groups in total. The SMILES string of the molecule is c1ccc2c(c1)Oc1ccccc1C21c2ccccc2-c2ccc(-c3ccccc3-c3nc(-c4ccc5ccccc5c4)nc(C45CC6CC7CC(C4)C76C5)n3)cc21. The van der Waals surface area contributed by atoms with E-state index in [2.05, 4.69) is 158 Å². The molecule has 4 heteroatoms. The average Bonchev–Trinajstić information content (AvgIpc) is 3.88. The van der Waals surface area contributed by atoms with E-state index in [0.29, 0.717) is 5.41 Å². The lowest BCUT2D eigenvalue weighted by Crippen LogP contribution is -2.59. The minimum atomic E-state index is -0.536. The van der Waals surface area contributed by atoms with Gasteiger partial charge in [0.1, 0.15) is 17.3 Å². The Kier molecular flexibility index (Phi) is 5.98. The zero-order valence-corrected chi connectivity index (χ0v) is 32.0. The predicted octanol–water partition coefficient (Wildman–Crippen LogP) is 12.6. The van der Waals surface area contributed by atoms with E-state index in [1.54, 1.807) is 0 Å². The Balaban J connectivity index is 0.980. The van der Waals surface area contributed by atoms with E-state index in [0.717, 1.165) is 69.0 Å². The van der Waals surface area contributed by atoms with Crippen LogP contribution in [0.3, 0.4) is 0 Å². The third kappa shape index (κ3) is 3.84. The minimum absolute atomic E-state index is 0.0361. The second kappa shape index (κ2) is 11.0. The lowest BCUT2D eigenvalue weighted by molar-refractivity contribution is -0.175. The van der Waals surface area contributed by atoms with Gasteiger partial charge in [0.25, 0.3) is 0 Å². The second-order valence-corrected chi connectivity index (χ2v) is 18.1. The standard InChI is InChI=1S/C54H39N3O/c1-2-12-33-25-35(22-21-32(33)11-1)49-55-50(57-51(56-49)52-29-37-27-36-28-38(30-52)53(36,37)31-52)42-15-4-3-13-39(42)34-23-24-41-40-14-5-6-16-43(40)54(46(41)26-34)44-17-7-9-19-47(44)58-48-20-10-8-18-45(48)54/h1-26,36-38H,27-31H2. The van der Waals surface area contributed by atoms with Crippen molar-refractivity contribution in [3.63, 3.8) is 0 Å². The molecule has 8 aromatic rings. The molecule has 1 aliphatic heterocycles. The van der Waals surface area contributed by atoms with Gasteiger partial charge < -0.3 is 4.74 Å². The van der Waals surface area contributed by atoms with Crippen LogP contribution in [0.2, 0.25) is 0 Å². The molecule has 2 spiro atoms. The lowest BCUT2D eigenvalue weighted by Gasteiger charge is -2.66. The first-order chi connectivity index (χ1) is 28.6. The summed E-state index contributed by atoms with van der Waals surface area (Å²) in [6, 6.07) is 57.2. The first-order valence-electron chi connectivity index (χ1n) is 21.1. The fourth-order valence-electron chi connectivity index (χ4n) is 13.5. The summed E-state index contributed by atoms with van der Waals surface area (Å²) < 4.78 is 6.63. The van der Waals surface area contributed by atoms with Crippen LogP contribution in [0.15, 0.2) is 158 Å². The molecule has 5 aliphatic carbocycles. The number of hydrogen-bond donors (Lipinski definition) is 0. The number of para-hydroxylation sites is 2. The molecular formula is C54H39N3O. The lowest BCUT2D eigenvalue weighted by atomic mass is 9.38. The van der Waals surface area contributed by atoms with E-state index in [1.165, 1.54) is 76.3 Å². The van der Waals surface area contributed by atoms with Gasteiger partial charge in [-0.25, -0.2) is 15.0 Å². The summed E-state index contributed by atoms with van der Waals surface area (Å²) in [6.45, 7) is 0. The van der Waals surface area contributed by atoms with E-state index in [-0.39, 0.29) is 5.41 Å². The van der Waals surface area contributed by atoms with E-state index in [4.69, 9.17) is 19.7 Å². The van der Waals surface area contributed by atoms with Gasteiger partial charge >= 0.3 is 0 Å². The molecule has 276 valence electrons. The molecule has 0 amide bonds. The summed E-state index contributed by atoms with van der Waals surface area (Å²) in [5, 5.41) is 2.42. The Hall–Kier alpha value is -6.39.